The second-order valence-electron chi connectivity index (χ2n) is 3.22. The van der Waals surface area contributed by atoms with Crippen molar-refractivity contribution in [1.29, 1.82) is 0 Å². The molecule has 0 bridgehead atoms. The fraction of sp³-hybridized carbons (Fsp3) is 0.250. The molecule has 0 fully saturated rings. The molecule has 20 heavy (non-hydrogen) atoms. The number of nitrogens with zero attached hydrogens (tertiary/aromatic N) is 1. The van der Waals surface area contributed by atoms with Gasteiger partial charge in [-0.15, -0.1) is 13.2 Å². The third kappa shape index (κ3) is 3.87. The van der Waals surface area contributed by atoms with E-state index in [0.717, 1.165) is 7.11 Å². The van der Waals surface area contributed by atoms with E-state index in [1.165, 1.54) is 0 Å². The summed E-state index contributed by atoms with van der Waals surface area (Å²) in [6.45, 7) is 0. The van der Waals surface area contributed by atoms with E-state index in [9.17, 15) is 31.7 Å². The van der Waals surface area contributed by atoms with E-state index >= 15 is 0 Å². The Morgan fingerprint density at radius 2 is 1.90 bits per heavy atom. The number of halogens is 4. The minimum Gasteiger partial charge on any atom is -0.492 e. The van der Waals surface area contributed by atoms with Gasteiger partial charge in [-0.2, -0.15) is 0 Å². The van der Waals surface area contributed by atoms with Crippen LogP contribution in [0.15, 0.2) is 17.0 Å². The lowest BCUT2D eigenvalue weighted by atomic mass is 10.3. The molecule has 112 valence electrons. The molecule has 12 heteroatoms. The Morgan fingerprint density at radius 1 is 1.35 bits per heavy atom. The van der Waals surface area contributed by atoms with Crippen molar-refractivity contribution in [3.8, 4) is 11.5 Å². The molecule has 1 aromatic carbocycles. The zero-order chi connectivity index (χ0) is 15.7. The zero-order valence-corrected chi connectivity index (χ0v) is 11.0. The third-order valence-corrected chi connectivity index (χ3v) is 3.24. The standard InChI is InChI=1S/C8H5ClF3NO6S/c1-18-7-5(19-8(10,11)12)2-4(13(14)15)3-6(7)20(9,16)17/h2-3H,1H3. The van der Waals surface area contributed by atoms with Crippen LogP contribution in [0.1, 0.15) is 0 Å². The lowest BCUT2D eigenvalue weighted by Crippen LogP contribution is -2.18. The van der Waals surface area contributed by atoms with E-state index in [1.807, 2.05) is 0 Å². The number of alkyl halides is 3. The Morgan fingerprint density at radius 3 is 2.25 bits per heavy atom. The van der Waals surface area contributed by atoms with Crippen molar-refractivity contribution in [3.05, 3.63) is 22.2 Å². The molecule has 0 saturated heterocycles. The number of hydrogen-bond donors (Lipinski definition) is 0. The van der Waals surface area contributed by atoms with Crippen LogP contribution in [0.4, 0.5) is 18.9 Å². The summed E-state index contributed by atoms with van der Waals surface area (Å²) < 4.78 is 67.0. The molecule has 0 N–H and O–H groups in total. The number of methoxy groups -OCH3 is 1. The van der Waals surface area contributed by atoms with Crippen molar-refractivity contribution in [2.24, 2.45) is 0 Å². The predicted octanol–water partition coefficient (Wildman–Crippen LogP) is 2.43. The predicted molar refractivity (Wildman–Crippen MR) is 59.4 cm³/mol. The first-order valence-corrected chi connectivity index (χ1v) is 6.83. The maximum absolute atomic E-state index is 12.2. The molecule has 1 rings (SSSR count). The number of nitro benzene ring substituents is 1. The number of nitro groups is 1. The Kier molecular flexibility index (Phi) is 4.34. The summed E-state index contributed by atoms with van der Waals surface area (Å²) in [6.07, 6.45) is -5.20. The summed E-state index contributed by atoms with van der Waals surface area (Å²) in [4.78, 5) is 8.48. The van der Waals surface area contributed by atoms with Crippen LogP contribution in [0.25, 0.3) is 0 Å². The second kappa shape index (κ2) is 5.32. The SMILES string of the molecule is COc1c(OC(F)(F)F)cc([N+](=O)[O-])cc1S(=O)(=O)Cl. The fourth-order valence-electron chi connectivity index (χ4n) is 1.25. The summed E-state index contributed by atoms with van der Waals surface area (Å²) in [5.74, 6) is -2.07. The van der Waals surface area contributed by atoms with Crippen LogP contribution in [-0.2, 0) is 9.05 Å². The number of non-ortho nitro benzene ring substituents is 1. The molecule has 0 amide bonds. The molecule has 1 aromatic rings. The highest BCUT2D eigenvalue weighted by Crippen LogP contribution is 2.41. The van der Waals surface area contributed by atoms with E-state index in [1.54, 1.807) is 0 Å². The Hall–Kier alpha value is -1.75. The first-order valence-electron chi connectivity index (χ1n) is 4.52. The van der Waals surface area contributed by atoms with E-state index in [4.69, 9.17) is 10.7 Å². The summed E-state index contributed by atoms with van der Waals surface area (Å²) in [5, 5.41) is 10.6. The molecule has 0 radical (unpaired) electrons. The van der Waals surface area contributed by atoms with E-state index in [0.29, 0.717) is 12.1 Å². The van der Waals surface area contributed by atoms with E-state index < -0.39 is 42.4 Å². The summed E-state index contributed by atoms with van der Waals surface area (Å²) in [7, 11) is 1.27. The first kappa shape index (κ1) is 16.3. The zero-order valence-electron chi connectivity index (χ0n) is 9.47. The highest BCUT2D eigenvalue weighted by atomic mass is 35.7. The molecular weight excluding hydrogens is 331 g/mol. The minimum atomic E-state index is -5.20. The molecule has 0 aliphatic rings. The van der Waals surface area contributed by atoms with Gasteiger partial charge >= 0.3 is 6.36 Å². The lowest BCUT2D eigenvalue weighted by Gasteiger charge is -2.14. The third-order valence-electron chi connectivity index (χ3n) is 1.91. The summed E-state index contributed by atoms with van der Waals surface area (Å²) in [5.41, 5.74) is -0.954. The number of hydrogen-bond acceptors (Lipinski definition) is 6. The van der Waals surface area contributed by atoms with Crippen LogP contribution in [0.5, 0.6) is 11.5 Å². The fourth-order valence-corrected chi connectivity index (χ4v) is 2.26. The normalized spacial score (nSPS) is 12.1. The maximum atomic E-state index is 12.2. The van der Waals surface area contributed by atoms with Crippen LogP contribution in [0.3, 0.4) is 0 Å². The van der Waals surface area contributed by atoms with Crippen molar-refractivity contribution < 1.29 is 36.0 Å². The summed E-state index contributed by atoms with van der Waals surface area (Å²) in [6, 6.07) is 0.836. The van der Waals surface area contributed by atoms with Gasteiger partial charge in [-0.25, -0.2) is 8.42 Å². The van der Waals surface area contributed by atoms with Gasteiger partial charge in [-0.1, -0.05) is 0 Å². The molecule has 0 atom stereocenters. The molecule has 0 unspecified atom stereocenters. The van der Waals surface area contributed by atoms with Gasteiger partial charge in [0.1, 0.15) is 4.90 Å². The quantitative estimate of drug-likeness (QED) is 0.476. The highest BCUT2D eigenvalue weighted by Gasteiger charge is 2.35. The molecule has 7 nitrogen and oxygen atoms in total. The van der Waals surface area contributed by atoms with Gasteiger partial charge in [0.2, 0.25) is 0 Å². The average Bonchev–Trinajstić information content (AvgIpc) is 2.24. The van der Waals surface area contributed by atoms with E-state index in [-0.39, 0.29) is 0 Å². The highest BCUT2D eigenvalue weighted by molar-refractivity contribution is 8.13. The maximum Gasteiger partial charge on any atom is 0.573 e. The second-order valence-corrected chi connectivity index (χ2v) is 5.75. The topological polar surface area (TPSA) is 95.7 Å². The van der Waals surface area contributed by atoms with Crippen molar-refractivity contribution in [3.63, 3.8) is 0 Å². The van der Waals surface area contributed by atoms with Crippen molar-refractivity contribution >= 4 is 25.4 Å². The van der Waals surface area contributed by atoms with Gasteiger partial charge in [-0.05, 0) is 0 Å². The van der Waals surface area contributed by atoms with Gasteiger partial charge < -0.3 is 9.47 Å². The molecular formula is C8H5ClF3NO6S. The molecule has 0 spiro atoms. The monoisotopic (exact) mass is 335 g/mol. The molecule has 0 aliphatic heterocycles. The van der Waals surface area contributed by atoms with Crippen molar-refractivity contribution in [2.45, 2.75) is 11.3 Å². The number of benzene rings is 1. The van der Waals surface area contributed by atoms with E-state index in [2.05, 4.69) is 9.47 Å². The Balaban J connectivity index is 3.64. The van der Waals surface area contributed by atoms with Crippen LogP contribution in [0, 0.1) is 10.1 Å². The molecule has 0 aliphatic carbocycles. The minimum absolute atomic E-state index is 0.373. The Labute approximate surface area is 114 Å². The van der Waals surface area contributed by atoms with Crippen LogP contribution < -0.4 is 9.47 Å². The molecule has 0 heterocycles. The van der Waals surface area contributed by atoms with Crippen LogP contribution in [0.2, 0.25) is 0 Å². The summed E-state index contributed by atoms with van der Waals surface area (Å²) >= 11 is 0. The number of ether oxygens (including phenoxy) is 2. The lowest BCUT2D eigenvalue weighted by molar-refractivity contribution is -0.385. The van der Waals surface area contributed by atoms with Crippen molar-refractivity contribution in [2.75, 3.05) is 7.11 Å². The van der Waals surface area contributed by atoms with Gasteiger partial charge in [0, 0.05) is 16.7 Å². The van der Waals surface area contributed by atoms with Gasteiger partial charge in [0.25, 0.3) is 14.7 Å². The van der Waals surface area contributed by atoms with Crippen LogP contribution in [-0.4, -0.2) is 26.8 Å². The van der Waals surface area contributed by atoms with Gasteiger partial charge in [0.15, 0.2) is 11.5 Å². The molecule has 0 aromatic heterocycles. The van der Waals surface area contributed by atoms with Gasteiger partial charge in [0.05, 0.1) is 18.1 Å². The number of rotatable bonds is 4. The largest absolute Gasteiger partial charge is 0.573 e. The van der Waals surface area contributed by atoms with Crippen molar-refractivity contribution in [1.82, 2.24) is 0 Å². The average molecular weight is 336 g/mol. The van der Waals surface area contributed by atoms with Crippen LogP contribution >= 0.6 is 10.7 Å². The Bertz CT molecular complexity index is 644. The first-order chi connectivity index (χ1) is 8.95. The van der Waals surface area contributed by atoms with Gasteiger partial charge in [-0.3, -0.25) is 10.1 Å². The smallest absolute Gasteiger partial charge is 0.492 e. The molecule has 0 saturated carbocycles.